The monoisotopic (exact) mass is 274 g/mol. The van der Waals surface area contributed by atoms with Gasteiger partial charge in [-0.1, -0.05) is 6.92 Å². The van der Waals surface area contributed by atoms with Gasteiger partial charge in [0.25, 0.3) is 0 Å². The molecule has 112 valence electrons. The Hall–Kier alpha value is -0.850. The highest BCUT2D eigenvalue weighted by atomic mass is 16.6. The number of nitrogens with one attached hydrogen (secondary N) is 1. The minimum atomic E-state index is -0.603. The molecule has 1 fully saturated rings. The summed E-state index contributed by atoms with van der Waals surface area (Å²) in [5.74, 6) is 0. The molecule has 0 aromatic heterocycles. The predicted octanol–water partition coefficient (Wildman–Crippen LogP) is 0.940. The van der Waals surface area contributed by atoms with E-state index in [0.29, 0.717) is 32.7 Å². The smallest absolute Gasteiger partial charge is 0.410 e. The number of hydrogen-bond acceptors (Lipinski definition) is 5. The topological polar surface area (TPSA) is 71.0 Å². The third-order valence-electron chi connectivity index (χ3n) is 2.72. The van der Waals surface area contributed by atoms with Crippen molar-refractivity contribution >= 4 is 6.09 Å². The first-order valence-corrected chi connectivity index (χ1v) is 6.83. The van der Waals surface area contributed by atoms with E-state index in [2.05, 4.69) is 5.32 Å². The number of hydrogen-bond donors (Lipinski definition) is 2. The molecule has 1 aliphatic heterocycles. The number of carbonyl (C=O) groups is 1. The van der Waals surface area contributed by atoms with E-state index in [9.17, 15) is 9.90 Å². The highest BCUT2D eigenvalue weighted by Crippen LogP contribution is 2.15. The molecule has 0 aliphatic carbocycles. The van der Waals surface area contributed by atoms with E-state index in [4.69, 9.17) is 9.47 Å². The molecule has 2 unspecified atom stereocenters. The van der Waals surface area contributed by atoms with Gasteiger partial charge < -0.3 is 19.5 Å². The average molecular weight is 274 g/mol. The molecular formula is C13H26N2O4. The molecule has 0 radical (unpaired) electrons. The van der Waals surface area contributed by atoms with Gasteiger partial charge >= 0.3 is 6.09 Å². The Balaban J connectivity index is 2.43. The third kappa shape index (κ3) is 6.22. The lowest BCUT2D eigenvalue weighted by Crippen LogP contribution is -2.49. The predicted molar refractivity (Wildman–Crippen MR) is 71.8 cm³/mol. The largest absolute Gasteiger partial charge is 0.444 e. The SMILES string of the molecule is CCNC(O)CC1CN(C(=O)OC(C)(C)C)CCO1. The minimum absolute atomic E-state index is 0.157. The standard InChI is InChI=1S/C13H26N2O4/c1-5-14-11(16)8-10-9-15(6-7-18-10)12(17)19-13(2,3)4/h10-11,14,16H,5-9H2,1-4H3. The lowest BCUT2D eigenvalue weighted by Gasteiger charge is -2.34. The number of carbonyl (C=O) groups excluding carboxylic acids is 1. The van der Waals surface area contributed by atoms with Crippen molar-refractivity contribution < 1.29 is 19.4 Å². The Kier molecular flexibility index (Phi) is 6.03. The van der Waals surface area contributed by atoms with Gasteiger partial charge in [-0.25, -0.2) is 4.79 Å². The van der Waals surface area contributed by atoms with Gasteiger partial charge in [-0.05, 0) is 27.3 Å². The lowest BCUT2D eigenvalue weighted by atomic mass is 10.2. The van der Waals surface area contributed by atoms with E-state index in [-0.39, 0.29) is 12.2 Å². The van der Waals surface area contributed by atoms with Crippen LogP contribution in [0, 0.1) is 0 Å². The molecule has 1 rings (SSSR count). The Bertz CT molecular complexity index is 291. The van der Waals surface area contributed by atoms with Crippen LogP contribution in [0.1, 0.15) is 34.1 Å². The van der Waals surface area contributed by atoms with Gasteiger partial charge in [-0.2, -0.15) is 0 Å². The summed E-state index contributed by atoms with van der Waals surface area (Å²) in [6.07, 6.45) is -0.615. The molecule has 2 N–H and O–H groups in total. The molecule has 0 saturated carbocycles. The summed E-state index contributed by atoms with van der Waals surface area (Å²) in [7, 11) is 0. The van der Waals surface area contributed by atoms with Crippen LogP contribution < -0.4 is 5.32 Å². The zero-order valence-corrected chi connectivity index (χ0v) is 12.3. The van der Waals surface area contributed by atoms with Crippen LogP contribution in [-0.4, -0.2) is 60.3 Å². The molecule has 1 amide bonds. The van der Waals surface area contributed by atoms with Crippen LogP contribution in [0.15, 0.2) is 0 Å². The molecule has 19 heavy (non-hydrogen) atoms. The zero-order chi connectivity index (χ0) is 14.5. The summed E-state index contributed by atoms with van der Waals surface area (Å²) in [4.78, 5) is 13.6. The molecule has 6 nitrogen and oxygen atoms in total. The molecule has 1 heterocycles. The fourth-order valence-electron chi connectivity index (χ4n) is 1.92. The van der Waals surface area contributed by atoms with Gasteiger partial charge in [0.2, 0.25) is 0 Å². The maximum absolute atomic E-state index is 11.9. The average Bonchev–Trinajstić information content (AvgIpc) is 2.27. The number of nitrogens with zero attached hydrogens (tertiary/aromatic N) is 1. The normalized spacial score (nSPS) is 22.2. The van der Waals surface area contributed by atoms with Gasteiger partial charge in [0.1, 0.15) is 11.8 Å². The van der Waals surface area contributed by atoms with Crippen molar-refractivity contribution in [3.8, 4) is 0 Å². The van der Waals surface area contributed by atoms with Crippen molar-refractivity contribution in [2.24, 2.45) is 0 Å². The number of aliphatic hydroxyl groups is 1. The van der Waals surface area contributed by atoms with Crippen LogP contribution in [0.5, 0.6) is 0 Å². The fraction of sp³-hybridized carbons (Fsp3) is 0.923. The molecular weight excluding hydrogens is 248 g/mol. The van der Waals surface area contributed by atoms with Gasteiger partial charge in [-0.3, -0.25) is 5.32 Å². The summed E-state index contributed by atoms with van der Waals surface area (Å²) in [6.45, 7) is 9.62. The Labute approximate surface area is 115 Å². The van der Waals surface area contributed by atoms with Crippen molar-refractivity contribution in [3.05, 3.63) is 0 Å². The van der Waals surface area contributed by atoms with Gasteiger partial charge in [0.15, 0.2) is 0 Å². The summed E-state index contributed by atoms with van der Waals surface area (Å²) in [5, 5.41) is 12.6. The Morgan fingerprint density at radius 3 is 2.84 bits per heavy atom. The highest BCUT2D eigenvalue weighted by molar-refractivity contribution is 5.68. The van der Waals surface area contributed by atoms with E-state index in [1.54, 1.807) is 4.90 Å². The first-order valence-electron chi connectivity index (χ1n) is 6.83. The molecule has 1 saturated heterocycles. The quantitative estimate of drug-likeness (QED) is 0.747. The molecule has 0 aromatic rings. The van der Waals surface area contributed by atoms with Crippen molar-refractivity contribution in [1.29, 1.82) is 0 Å². The van der Waals surface area contributed by atoms with Crippen molar-refractivity contribution in [3.63, 3.8) is 0 Å². The van der Waals surface area contributed by atoms with E-state index in [1.807, 2.05) is 27.7 Å². The van der Waals surface area contributed by atoms with E-state index >= 15 is 0 Å². The lowest BCUT2D eigenvalue weighted by molar-refractivity contribution is -0.0602. The second kappa shape index (κ2) is 7.07. The second-order valence-corrected chi connectivity index (χ2v) is 5.73. The molecule has 0 spiro atoms. The fourth-order valence-corrected chi connectivity index (χ4v) is 1.92. The summed E-state index contributed by atoms with van der Waals surface area (Å²) < 4.78 is 10.9. The number of morpholine rings is 1. The second-order valence-electron chi connectivity index (χ2n) is 5.73. The minimum Gasteiger partial charge on any atom is -0.444 e. The number of aliphatic hydroxyl groups excluding tert-OH is 1. The van der Waals surface area contributed by atoms with Crippen LogP contribution in [0.2, 0.25) is 0 Å². The first kappa shape index (κ1) is 16.2. The molecule has 2 atom stereocenters. The van der Waals surface area contributed by atoms with Crippen LogP contribution in [0.25, 0.3) is 0 Å². The van der Waals surface area contributed by atoms with Crippen LogP contribution >= 0.6 is 0 Å². The molecule has 0 aromatic carbocycles. The molecule has 6 heteroatoms. The molecule has 0 bridgehead atoms. The van der Waals surface area contributed by atoms with Gasteiger partial charge in [-0.15, -0.1) is 0 Å². The Morgan fingerprint density at radius 1 is 1.58 bits per heavy atom. The van der Waals surface area contributed by atoms with Crippen molar-refractivity contribution in [2.75, 3.05) is 26.2 Å². The highest BCUT2D eigenvalue weighted by Gasteiger charge is 2.29. The van der Waals surface area contributed by atoms with Crippen LogP contribution in [0.3, 0.4) is 0 Å². The molecule has 1 aliphatic rings. The van der Waals surface area contributed by atoms with Crippen LogP contribution in [-0.2, 0) is 9.47 Å². The van der Waals surface area contributed by atoms with Crippen LogP contribution in [0.4, 0.5) is 4.79 Å². The van der Waals surface area contributed by atoms with E-state index in [1.165, 1.54) is 0 Å². The van der Waals surface area contributed by atoms with E-state index < -0.39 is 11.8 Å². The van der Waals surface area contributed by atoms with Gasteiger partial charge in [0, 0.05) is 13.0 Å². The first-order chi connectivity index (χ1) is 8.81. The van der Waals surface area contributed by atoms with Crippen molar-refractivity contribution in [2.45, 2.75) is 52.0 Å². The maximum Gasteiger partial charge on any atom is 0.410 e. The summed E-state index contributed by atoms with van der Waals surface area (Å²) in [6, 6.07) is 0. The summed E-state index contributed by atoms with van der Waals surface area (Å²) >= 11 is 0. The number of rotatable bonds is 4. The van der Waals surface area contributed by atoms with Gasteiger partial charge in [0.05, 0.1) is 19.3 Å². The number of ether oxygens (including phenoxy) is 2. The maximum atomic E-state index is 11.9. The zero-order valence-electron chi connectivity index (χ0n) is 12.3. The van der Waals surface area contributed by atoms with Crippen molar-refractivity contribution in [1.82, 2.24) is 10.2 Å². The Morgan fingerprint density at radius 2 is 2.26 bits per heavy atom. The summed E-state index contributed by atoms with van der Waals surface area (Å²) in [5.41, 5.74) is -0.492. The van der Waals surface area contributed by atoms with E-state index in [0.717, 1.165) is 0 Å². The number of amides is 1. The third-order valence-corrected chi connectivity index (χ3v) is 2.72.